The molecule has 3 N–H and O–H groups in total. The molecule has 4 rings (SSSR count). The first-order valence-corrected chi connectivity index (χ1v) is 11.1. The summed E-state index contributed by atoms with van der Waals surface area (Å²) < 4.78 is 51.2. The van der Waals surface area contributed by atoms with Crippen molar-refractivity contribution in [2.45, 2.75) is 44.7 Å². The van der Waals surface area contributed by atoms with Crippen LogP contribution >= 0.6 is 12.4 Å². The Morgan fingerprint density at radius 2 is 1.84 bits per heavy atom. The number of aromatic nitrogens is 1. The highest BCUT2D eigenvalue weighted by atomic mass is 35.5. The quantitative estimate of drug-likeness (QED) is 0.457. The molecule has 0 unspecified atom stereocenters. The van der Waals surface area contributed by atoms with Gasteiger partial charge in [-0.3, -0.25) is 14.5 Å². The number of hydrogen-bond donors (Lipinski definition) is 2. The molecule has 0 saturated carbocycles. The molecule has 2 heterocycles. The van der Waals surface area contributed by atoms with E-state index in [1.807, 2.05) is 0 Å². The van der Waals surface area contributed by atoms with Crippen LogP contribution in [-0.4, -0.2) is 41.3 Å². The second-order valence-corrected chi connectivity index (χ2v) is 9.12. The predicted molar refractivity (Wildman–Crippen MR) is 134 cm³/mol. The number of halogens is 4. The zero-order valence-electron chi connectivity index (χ0n) is 20.1. The lowest BCUT2D eigenvalue weighted by molar-refractivity contribution is -0.166. The summed E-state index contributed by atoms with van der Waals surface area (Å²) in [5, 5.41) is 0.574. The van der Waals surface area contributed by atoms with Gasteiger partial charge in [0.05, 0.1) is 12.1 Å². The van der Waals surface area contributed by atoms with E-state index in [9.17, 15) is 27.6 Å². The standard InChI is InChI=1S/C25H24F3N3O5.ClH/c1-13(29)22(33)36-24(2,3)20-12-31(23(34)35-20)15-9-8-14-10-19(30-21(32)17(14)11-15)16-6-4-5-7-18(16)25(26,27)28;/h4-11,13,20H,12,29H2,1-3H3,(H,30,32);1H/t13-,20-;/m0./s1. The number of nitrogens with zero attached hydrogens (tertiary/aromatic N) is 1. The van der Waals surface area contributed by atoms with Crippen LogP contribution in [0.1, 0.15) is 26.3 Å². The van der Waals surface area contributed by atoms with Crippen LogP contribution in [0.4, 0.5) is 23.7 Å². The number of H-pyrrole nitrogens is 1. The fourth-order valence-electron chi connectivity index (χ4n) is 3.98. The van der Waals surface area contributed by atoms with Crippen molar-refractivity contribution >= 4 is 40.9 Å². The van der Waals surface area contributed by atoms with Gasteiger partial charge < -0.3 is 20.2 Å². The molecule has 3 aromatic rings. The van der Waals surface area contributed by atoms with Crippen LogP contribution in [0, 0.1) is 0 Å². The summed E-state index contributed by atoms with van der Waals surface area (Å²) in [6.07, 6.45) is -6.09. The Labute approximate surface area is 215 Å². The van der Waals surface area contributed by atoms with E-state index in [1.165, 1.54) is 42.2 Å². The molecule has 1 aliphatic rings. The lowest BCUT2D eigenvalue weighted by Gasteiger charge is -2.30. The van der Waals surface area contributed by atoms with E-state index in [1.54, 1.807) is 26.0 Å². The number of aromatic amines is 1. The second kappa shape index (κ2) is 10.1. The number of anilines is 1. The fourth-order valence-corrected chi connectivity index (χ4v) is 3.98. The van der Waals surface area contributed by atoms with Crippen molar-refractivity contribution in [1.82, 2.24) is 4.98 Å². The van der Waals surface area contributed by atoms with Gasteiger partial charge in [0.25, 0.3) is 5.56 Å². The third-order valence-corrected chi connectivity index (χ3v) is 5.99. The molecule has 1 amide bonds. The number of alkyl halides is 3. The van der Waals surface area contributed by atoms with E-state index in [4.69, 9.17) is 15.2 Å². The molecule has 0 radical (unpaired) electrons. The number of nitrogens with two attached hydrogens (primary N) is 1. The molecule has 0 aliphatic carbocycles. The molecule has 37 heavy (non-hydrogen) atoms. The molecule has 1 fully saturated rings. The van der Waals surface area contributed by atoms with Gasteiger partial charge in [-0.05, 0) is 50.4 Å². The van der Waals surface area contributed by atoms with E-state index < -0.39 is 47.1 Å². The number of rotatable bonds is 5. The number of benzene rings is 2. The number of amides is 1. The maximum atomic E-state index is 13.5. The Balaban J connectivity index is 0.00000380. The van der Waals surface area contributed by atoms with Gasteiger partial charge in [0.2, 0.25) is 0 Å². The number of esters is 1. The molecule has 0 spiro atoms. The van der Waals surface area contributed by atoms with Gasteiger partial charge in [-0.2, -0.15) is 13.2 Å². The smallest absolute Gasteiger partial charge is 0.417 e. The minimum absolute atomic E-state index is 0. The number of ether oxygens (including phenoxy) is 2. The van der Waals surface area contributed by atoms with Gasteiger partial charge in [-0.15, -0.1) is 12.4 Å². The highest BCUT2D eigenvalue weighted by Crippen LogP contribution is 2.37. The van der Waals surface area contributed by atoms with Crippen molar-refractivity contribution in [3.05, 3.63) is 64.4 Å². The molecule has 8 nitrogen and oxygen atoms in total. The summed E-state index contributed by atoms with van der Waals surface area (Å²) in [7, 11) is 0. The first-order chi connectivity index (χ1) is 16.8. The van der Waals surface area contributed by atoms with Crippen LogP contribution < -0.4 is 16.2 Å². The highest BCUT2D eigenvalue weighted by Gasteiger charge is 2.45. The number of carbonyl (C=O) groups is 2. The zero-order chi connectivity index (χ0) is 26.4. The van der Waals surface area contributed by atoms with Crippen molar-refractivity contribution in [3.63, 3.8) is 0 Å². The molecule has 2 atom stereocenters. The van der Waals surface area contributed by atoms with Gasteiger partial charge in [0.15, 0.2) is 6.10 Å². The first-order valence-electron chi connectivity index (χ1n) is 11.1. The number of fused-ring (bicyclic) bond motifs is 1. The van der Waals surface area contributed by atoms with Crippen LogP contribution in [0.25, 0.3) is 22.0 Å². The Kier molecular flexibility index (Phi) is 7.62. The molecule has 1 saturated heterocycles. The highest BCUT2D eigenvalue weighted by molar-refractivity contribution is 5.95. The normalized spacial score (nSPS) is 16.8. The molecular weight excluding hydrogens is 515 g/mol. The molecule has 0 bridgehead atoms. The van der Waals surface area contributed by atoms with Crippen LogP contribution in [0.2, 0.25) is 0 Å². The maximum absolute atomic E-state index is 13.5. The summed E-state index contributed by atoms with van der Waals surface area (Å²) in [5.74, 6) is -0.644. The Hall–Kier alpha value is -3.57. The van der Waals surface area contributed by atoms with Crippen molar-refractivity contribution in [2.75, 3.05) is 11.4 Å². The van der Waals surface area contributed by atoms with Crippen LogP contribution in [0.3, 0.4) is 0 Å². The maximum Gasteiger partial charge on any atom is 0.417 e. The average molecular weight is 540 g/mol. The summed E-state index contributed by atoms with van der Waals surface area (Å²) in [5.41, 5.74) is 3.12. The minimum Gasteiger partial charge on any atom is -0.454 e. The third-order valence-electron chi connectivity index (χ3n) is 5.99. The van der Waals surface area contributed by atoms with Crippen LogP contribution in [0.5, 0.6) is 0 Å². The van der Waals surface area contributed by atoms with E-state index in [2.05, 4.69) is 4.98 Å². The van der Waals surface area contributed by atoms with E-state index in [0.29, 0.717) is 11.1 Å². The largest absolute Gasteiger partial charge is 0.454 e. The minimum atomic E-state index is -4.59. The SMILES string of the molecule is C[C@H](N)C(=O)OC(C)(C)[C@@H]1CN(c2ccc3cc(-c4ccccc4C(F)(F)F)[nH]c(=O)c3c2)C(=O)O1.Cl. The van der Waals surface area contributed by atoms with E-state index in [-0.39, 0.29) is 35.6 Å². The molecule has 1 aromatic heterocycles. The summed E-state index contributed by atoms with van der Waals surface area (Å²) in [6, 6.07) is 10.1. The van der Waals surface area contributed by atoms with Gasteiger partial charge in [0, 0.05) is 22.3 Å². The summed E-state index contributed by atoms with van der Waals surface area (Å²) in [4.78, 5) is 41.2. The number of pyridine rings is 1. The number of carbonyl (C=O) groups excluding carboxylic acids is 2. The number of nitrogens with one attached hydrogen (secondary N) is 1. The monoisotopic (exact) mass is 539 g/mol. The molecule has 1 aliphatic heterocycles. The lowest BCUT2D eigenvalue weighted by atomic mass is 10.0. The second-order valence-electron chi connectivity index (χ2n) is 9.12. The average Bonchev–Trinajstić information content (AvgIpc) is 3.20. The molecule has 2 aromatic carbocycles. The third kappa shape index (κ3) is 5.57. The van der Waals surface area contributed by atoms with Crippen LogP contribution in [0.15, 0.2) is 53.3 Å². The summed E-state index contributed by atoms with van der Waals surface area (Å²) >= 11 is 0. The van der Waals surface area contributed by atoms with Crippen molar-refractivity contribution in [1.29, 1.82) is 0 Å². The Morgan fingerprint density at radius 3 is 2.49 bits per heavy atom. The molecule has 198 valence electrons. The summed E-state index contributed by atoms with van der Waals surface area (Å²) in [6.45, 7) is 4.71. The topological polar surface area (TPSA) is 115 Å². The van der Waals surface area contributed by atoms with Gasteiger partial charge >= 0.3 is 18.2 Å². The van der Waals surface area contributed by atoms with Crippen LogP contribution in [-0.2, 0) is 20.4 Å². The Bertz CT molecular complexity index is 1400. The van der Waals surface area contributed by atoms with Crippen molar-refractivity contribution in [3.8, 4) is 11.3 Å². The molecule has 12 heteroatoms. The van der Waals surface area contributed by atoms with Gasteiger partial charge in [-0.25, -0.2) is 4.79 Å². The van der Waals surface area contributed by atoms with Gasteiger partial charge in [0.1, 0.15) is 11.6 Å². The lowest BCUT2D eigenvalue weighted by Crippen LogP contribution is -2.46. The number of hydrogen-bond acceptors (Lipinski definition) is 6. The fraction of sp³-hybridized carbons (Fsp3) is 0.320. The first kappa shape index (κ1) is 28.0. The Morgan fingerprint density at radius 1 is 1.16 bits per heavy atom. The number of cyclic esters (lactones) is 1. The molecular formula is C25H25ClF3N3O5. The van der Waals surface area contributed by atoms with Gasteiger partial charge in [-0.1, -0.05) is 24.3 Å². The predicted octanol–water partition coefficient (Wildman–Crippen LogP) is 4.63. The van der Waals surface area contributed by atoms with Crippen molar-refractivity contribution < 1.29 is 32.2 Å². The van der Waals surface area contributed by atoms with E-state index in [0.717, 1.165) is 6.07 Å². The van der Waals surface area contributed by atoms with Crippen molar-refractivity contribution in [2.24, 2.45) is 5.73 Å². The zero-order valence-corrected chi connectivity index (χ0v) is 20.9. The van der Waals surface area contributed by atoms with E-state index >= 15 is 0 Å².